The lowest BCUT2D eigenvalue weighted by molar-refractivity contribution is -0.172. The summed E-state index contributed by atoms with van der Waals surface area (Å²) in [7, 11) is 0. The summed E-state index contributed by atoms with van der Waals surface area (Å²) in [5, 5.41) is 19.8. The van der Waals surface area contributed by atoms with E-state index in [4.69, 9.17) is 4.74 Å². The first kappa shape index (κ1) is 19.2. The summed E-state index contributed by atoms with van der Waals surface area (Å²) in [5.74, 6) is -1.55. The molecule has 0 aromatic carbocycles. The lowest BCUT2D eigenvalue weighted by Gasteiger charge is -2.27. The molecule has 0 aromatic rings. The fourth-order valence-electron chi connectivity index (χ4n) is 2.70. The van der Waals surface area contributed by atoms with Gasteiger partial charge < -0.3 is 19.8 Å². The number of carbonyl (C=O) groups excluding carboxylic acids is 1. The van der Waals surface area contributed by atoms with Gasteiger partial charge in [0, 0.05) is 25.9 Å². The summed E-state index contributed by atoms with van der Waals surface area (Å²) in [6.45, 7) is 6.95. The fourth-order valence-corrected chi connectivity index (χ4v) is 2.70. The van der Waals surface area contributed by atoms with Crippen molar-refractivity contribution < 1.29 is 19.7 Å². The van der Waals surface area contributed by atoms with Crippen molar-refractivity contribution in [2.45, 2.75) is 89.9 Å². The van der Waals surface area contributed by atoms with Gasteiger partial charge in [0.2, 0.25) is 0 Å². The molecular formula is C17H33NO4. The minimum absolute atomic E-state index is 0.262. The van der Waals surface area contributed by atoms with Gasteiger partial charge in [-0.3, -0.25) is 0 Å². The van der Waals surface area contributed by atoms with E-state index < -0.39 is 11.4 Å². The van der Waals surface area contributed by atoms with E-state index in [1.54, 1.807) is 4.90 Å². The molecule has 1 rings (SSSR count). The van der Waals surface area contributed by atoms with Crippen LogP contribution in [0.1, 0.15) is 78.6 Å². The molecule has 1 aliphatic rings. The van der Waals surface area contributed by atoms with Crippen molar-refractivity contribution in [2.24, 2.45) is 0 Å². The van der Waals surface area contributed by atoms with Gasteiger partial charge in [0.05, 0.1) is 0 Å². The van der Waals surface area contributed by atoms with Crippen molar-refractivity contribution in [1.82, 2.24) is 4.90 Å². The minimum atomic E-state index is -1.55. The molecule has 1 amide bonds. The van der Waals surface area contributed by atoms with E-state index in [9.17, 15) is 15.0 Å². The van der Waals surface area contributed by atoms with E-state index >= 15 is 0 Å². The van der Waals surface area contributed by atoms with Crippen molar-refractivity contribution in [2.75, 3.05) is 13.1 Å². The molecule has 0 radical (unpaired) electrons. The number of ether oxygens (including phenoxy) is 1. The molecule has 1 saturated heterocycles. The van der Waals surface area contributed by atoms with Crippen LogP contribution >= 0.6 is 0 Å². The lowest BCUT2D eigenvalue weighted by atomic mass is 10.0. The SMILES string of the molecule is CC(C)(C)OC(=O)N1CCCCCCCC(O)(O)CCCC1. The van der Waals surface area contributed by atoms with E-state index in [1.807, 2.05) is 20.8 Å². The number of carbonyl (C=O) groups is 1. The van der Waals surface area contributed by atoms with Crippen LogP contribution in [0.15, 0.2) is 0 Å². The summed E-state index contributed by atoms with van der Waals surface area (Å²) in [6, 6.07) is 0. The number of amides is 1. The highest BCUT2D eigenvalue weighted by Gasteiger charge is 2.24. The van der Waals surface area contributed by atoms with Crippen LogP contribution in [-0.2, 0) is 4.74 Å². The van der Waals surface area contributed by atoms with Crippen LogP contribution in [0.3, 0.4) is 0 Å². The van der Waals surface area contributed by atoms with Crippen LogP contribution in [-0.4, -0.2) is 45.7 Å². The van der Waals surface area contributed by atoms with Crippen LogP contribution < -0.4 is 0 Å². The van der Waals surface area contributed by atoms with Crippen molar-refractivity contribution >= 4 is 6.09 Å². The first-order chi connectivity index (χ1) is 10.2. The molecule has 0 spiro atoms. The Morgan fingerprint density at radius 2 is 1.36 bits per heavy atom. The van der Waals surface area contributed by atoms with Gasteiger partial charge >= 0.3 is 6.09 Å². The maximum Gasteiger partial charge on any atom is 0.410 e. The van der Waals surface area contributed by atoms with Crippen LogP contribution in [0.4, 0.5) is 4.79 Å². The predicted molar refractivity (Wildman–Crippen MR) is 86.5 cm³/mol. The Hall–Kier alpha value is -0.810. The van der Waals surface area contributed by atoms with Crippen LogP contribution in [0.5, 0.6) is 0 Å². The maximum atomic E-state index is 12.2. The largest absolute Gasteiger partial charge is 0.444 e. The number of hydrogen-bond acceptors (Lipinski definition) is 4. The molecule has 0 saturated carbocycles. The first-order valence-corrected chi connectivity index (χ1v) is 8.62. The quantitative estimate of drug-likeness (QED) is 0.672. The standard InChI is InChI=1S/C17H33NO4/c1-16(2,3)22-15(19)18-13-9-6-4-5-7-11-17(20,21)12-8-10-14-18/h20-21H,4-14H2,1-3H3. The van der Waals surface area contributed by atoms with E-state index in [0.717, 1.165) is 45.1 Å². The molecule has 0 aromatic heterocycles. The second kappa shape index (κ2) is 8.73. The third kappa shape index (κ3) is 8.59. The highest BCUT2D eigenvalue weighted by atomic mass is 16.6. The smallest absolute Gasteiger partial charge is 0.410 e. The van der Waals surface area contributed by atoms with Crippen molar-refractivity contribution in [3.8, 4) is 0 Å². The maximum absolute atomic E-state index is 12.2. The molecule has 5 nitrogen and oxygen atoms in total. The van der Waals surface area contributed by atoms with Gasteiger partial charge in [0.1, 0.15) is 5.60 Å². The molecule has 2 N–H and O–H groups in total. The zero-order chi connectivity index (χ0) is 16.6. The summed E-state index contributed by atoms with van der Waals surface area (Å²) in [4.78, 5) is 14.0. The first-order valence-electron chi connectivity index (χ1n) is 8.62. The summed E-state index contributed by atoms with van der Waals surface area (Å²) in [5.41, 5.74) is -0.483. The van der Waals surface area contributed by atoms with E-state index in [2.05, 4.69) is 0 Å². The van der Waals surface area contributed by atoms with Gasteiger partial charge in [-0.05, 0) is 46.5 Å². The van der Waals surface area contributed by atoms with E-state index in [0.29, 0.717) is 25.8 Å². The average Bonchev–Trinajstić information content (AvgIpc) is 2.38. The Balaban J connectivity index is 2.56. The zero-order valence-electron chi connectivity index (χ0n) is 14.4. The number of nitrogens with zero attached hydrogens (tertiary/aromatic N) is 1. The molecule has 130 valence electrons. The molecule has 22 heavy (non-hydrogen) atoms. The van der Waals surface area contributed by atoms with Gasteiger partial charge in [-0.2, -0.15) is 0 Å². The molecule has 0 aliphatic carbocycles. The summed E-state index contributed by atoms with van der Waals surface area (Å²) < 4.78 is 5.46. The summed E-state index contributed by atoms with van der Waals surface area (Å²) in [6.07, 6.45) is 6.98. The molecule has 0 unspecified atom stereocenters. The van der Waals surface area contributed by atoms with Crippen LogP contribution in [0, 0.1) is 0 Å². The van der Waals surface area contributed by atoms with E-state index in [1.165, 1.54) is 0 Å². The molecule has 0 atom stereocenters. The van der Waals surface area contributed by atoms with Gasteiger partial charge in [-0.15, -0.1) is 0 Å². The third-order valence-corrected chi connectivity index (χ3v) is 3.91. The third-order valence-electron chi connectivity index (χ3n) is 3.91. The highest BCUT2D eigenvalue weighted by molar-refractivity contribution is 5.68. The normalized spacial score (nSPS) is 22.1. The molecule has 5 heteroatoms. The van der Waals surface area contributed by atoms with Crippen molar-refractivity contribution in [3.63, 3.8) is 0 Å². The zero-order valence-corrected chi connectivity index (χ0v) is 14.4. The lowest BCUT2D eigenvalue weighted by Crippen LogP contribution is -2.38. The van der Waals surface area contributed by atoms with Crippen molar-refractivity contribution in [1.29, 1.82) is 0 Å². The van der Waals surface area contributed by atoms with Crippen LogP contribution in [0.2, 0.25) is 0 Å². The number of rotatable bonds is 0. The van der Waals surface area contributed by atoms with Gasteiger partial charge in [-0.25, -0.2) is 4.79 Å². The second-order valence-corrected chi connectivity index (χ2v) is 7.42. The minimum Gasteiger partial charge on any atom is -0.444 e. The summed E-state index contributed by atoms with van der Waals surface area (Å²) >= 11 is 0. The number of hydrogen-bond donors (Lipinski definition) is 2. The molecule has 1 fully saturated rings. The van der Waals surface area contributed by atoms with E-state index in [-0.39, 0.29) is 6.09 Å². The van der Waals surface area contributed by atoms with Crippen molar-refractivity contribution in [3.05, 3.63) is 0 Å². The Morgan fingerprint density at radius 3 is 1.95 bits per heavy atom. The number of aliphatic hydroxyl groups is 2. The topological polar surface area (TPSA) is 70.0 Å². The Labute approximate surface area is 134 Å². The Kier molecular flexibility index (Phi) is 7.63. The van der Waals surface area contributed by atoms with Crippen LogP contribution in [0.25, 0.3) is 0 Å². The van der Waals surface area contributed by atoms with Gasteiger partial charge in [0.15, 0.2) is 5.79 Å². The monoisotopic (exact) mass is 315 g/mol. The highest BCUT2D eigenvalue weighted by Crippen LogP contribution is 2.21. The average molecular weight is 315 g/mol. The molecule has 0 bridgehead atoms. The Bertz CT molecular complexity index is 336. The molecule has 1 aliphatic heterocycles. The Morgan fingerprint density at radius 1 is 0.909 bits per heavy atom. The predicted octanol–water partition coefficient (Wildman–Crippen LogP) is 3.43. The van der Waals surface area contributed by atoms with Gasteiger partial charge in [-0.1, -0.05) is 19.3 Å². The van der Waals surface area contributed by atoms with Gasteiger partial charge in [0.25, 0.3) is 0 Å². The fraction of sp³-hybridized carbons (Fsp3) is 0.941. The molecule has 1 heterocycles. The molecular weight excluding hydrogens is 282 g/mol. The second-order valence-electron chi connectivity index (χ2n) is 7.42.